The summed E-state index contributed by atoms with van der Waals surface area (Å²) in [5, 5.41) is 3.40. The molecule has 0 saturated carbocycles. The molecular formula is C14H17N3OS. The van der Waals surface area contributed by atoms with Crippen molar-refractivity contribution >= 4 is 28.1 Å². The standard InChI is InChI=1S/C14H17N3OS/c1-9-13(17-14(19-9)16-10(2)18)8-5-11-3-6-12(15)7-4-11/h3-4,6-7H,5,8,15H2,1-2H3,(H,16,17,18). The average Bonchev–Trinajstić information content (AvgIpc) is 2.68. The predicted molar refractivity (Wildman–Crippen MR) is 79.4 cm³/mol. The van der Waals surface area contributed by atoms with E-state index < -0.39 is 0 Å². The van der Waals surface area contributed by atoms with Gasteiger partial charge in [0.2, 0.25) is 5.91 Å². The summed E-state index contributed by atoms with van der Waals surface area (Å²) in [7, 11) is 0. The van der Waals surface area contributed by atoms with Crippen LogP contribution in [0.1, 0.15) is 23.1 Å². The summed E-state index contributed by atoms with van der Waals surface area (Å²) in [6.45, 7) is 3.52. The van der Waals surface area contributed by atoms with Gasteiger partial charge in [0, 0.05) is 17.5 Å². The molecule has 1 aromatic carbocycles. The molecule has 2 aromatic rings. The highest BCUT2D eigenvalue weighted by molar-refractivity contribution is 7.15. The van der Waals surface area contributed by atoms with E-state index in [1.165, 1.54) is 23.8 Å². The fourth-order valence-corrected chi connectivity index (χ4v) is 2.72. The van der Waals surface area contributed by atoms with Crippen molar-refractivity contribution in [2.45, 2.75) is 26.7 Å². The van der Waals surface area contributed by atoms with Crippen LogP contribution in [0.25, 0.3) is 0 Å². The van der Waals surface area contributed by atoms with Gasteiger partial charge in [0.15, 0.2) is 5.13 Å². The number of hydrogen-bond donors (Lipinski definition) is 2. The predicted octanol–water partition coefficient (Wildman–Crippen LogP) is 2.78. The monoisotopic (exact) mass is 275 g/mol. The van der Waals surface area contributed by atoms with Gasteiger partial charge in [-0.15, -0.1) is 11.3 Å². The van der Waals surface area contributed by atoms with E-state index in [1.807, 2.05) is 31.2 Å². The van der Waals surface area contributed by atoms with Gasteiger partial charge in [0.05, 0.1) is 5.69 Å². The van der Waals surface area contributed by atoms with Gasteiger partial charge in [0.1, 0.15) is 0 Å². The number of hydrogen-bond acceptors (Lipinski definition) is 4. The average molecular weight is 275 g/mol. The number of benzene rings is 1. The van der Waals surface area contributed by atoms with Crippen molar-refractivity contribution in [2.24, 2.45) is 0 Å². The minimum absolute atomic E-state index is 0.0844. The minimum atomic E-state index is -0.0844. The summed E-state index contributed by atoms with van der Waals surface area (Å²) in [4.78, 5) is 16.6. The Bertz CT molecular complexity index is 575. The summed E-state index contributed by atoms with van der Waals surface area (Å²) < 4.78 is 0. The first kappa shape index (κ1) is 13.5. The van der Waals surface area contributed by atoms with Crippen LogP contribution >= 0.6 is 11.3 Å². The van der Waals surface area contributed by atoms with Gasteiger partial charge in [0.25, 0.3) is 0 Å². The van der Waals surface area contributed by atoms with E-state index in [-0.39, 0.29) is 5.91 Å². The van der Waals surface area contributed by atoms with Crippen molar-refractivity contribution in [3.63, 3.8) is 0 Å². The fraction of sp³-hybridized carbons (Fsp3) is 0.286. The van der Waals surface area contributed by atoms with Gasteiger partial charge in [-0.25, -0.2) is 4.98 Å². The zero-order chi connectivity index (χ0) is 13.8. The molecule has 0 unspecified atom stereocenters. The van der Waals surface area contributed by atoms with Crippen molar-refractivity contribution in [2.75, 3.05) is 11.1 Å². The van der Waals surface area contributed by atoms with E-state index in [9.17, 15) is 4.79 Å². The van der Waals surface area contributed by atoms with Crippen molar-refractivity contribution in [3.05, 3.63) is 40.4 Å². The number of rotatable bonds is 4. The van der Waals surface area contributed by atoms with Crippen LogP contribution in [0, 0.1) is 6.92 Å². The van der Waals surface area contributed by atoms with Crippen LogP contribution in [0.4, 0.5) is 10.8 Å². The highest BCUT2D eigenvalue weighted by Gasteiger charge is 2.08. The lowest BCUT2D eigenvalue weighted by molar-refractivity contribution is -0.114. The maximum atomic E-state index is 11.0. The smallest absolute Gasteiger partial charge is 0.223 e. The Morgan fingerprint density at radius 2 is 2.00 bits per heavy atom. The molecule has 0 bridgehead atoms. The number of nitrogen functional groups attached to an aromatic ring is 1. The second-order valence-corrected chi connectivity index (χ2v) is 5.65. The molecule has 3 N–H and O–H groups in total. The van der Waals surface area contributed by atoms with E-state index >= 15 is 0 Å². The van der Waals surface area contributed by atoms with Gasteiger partial charge in [-0.2, -0.15) is 0 Å². The second kappa shape index (κ2) is 5.84. The molecule has 0 aliphatic heterocycles. The van der Waals surface area contributed by atoms with E-state index in [0.717, 1.165) is 29.1 Å². The van der Waals surface area contributed by atoms with Gasteiger partial charge < -0.3 is 11.1 Å². The maximum Gasteiger partial charge on any atom is 0.223 e. The first-order valence-electron chi connectivity index (χ1n) is 6.13. The van der Waals surface area contributed by atoms with Crippen LogP contribution < -0.4 is 11.1 Å². The minimum Gasteiger partial charge on any atom is -0.399 e. The van der Waals surface area contributed by atoms with Crippen LogP contribution in [0.3, 0.4) is 0 Å². The van der Waals surface area contributed by atoms with Gasteiger partial charge in [-0.1, -0.05) is 12.1 Å². The van der Waals surface area contributed by atoms with E-state index in [2.05, 4.69) is 10.3 Å². The van der Waals surface area contributed by atoms with Crippen LogP contribution in [0.5, 0.6) is 0 Å². The third-order valence-corrected chi connectivity index (χ3v) is 3.73. The number of carbonyl (C=O) groups excluding carboxylic acids is 1. The first-order valence-corrected chi connectivity index (χ1v) is 6.94. The van der Waals surface area contributed by atoms with Crippen LogP contribution in [-0.2, 0) is 17.6 Å². The van der Waals surface area contributed by atoms with Gasteiger partial charge in [-0.05, 0) is 37.5 Å². The molecule has 4 nitrogen and oxygen atoms in total. The summed E-state index contributed by atoms with van der Waals surface area (Å²) in [6.07, 6.45) is 1.79. The molecule has 0 saturated heterocycles. The van der Waals surface area contributed by atoms with E-state index in [4.69, 9.17) is 5.73 Å². The Morgan fingerprint density at radius 1 is 1.32 bits per heavy atom. The third-order valence-electron chi connectivity index (χ3n) is 2.81. The molecule has 5 heteroatoms. The zero-order valence-corrected chi connectivity index (χ0v) is 11.9. The quantitative estimate of drug-likeness (QED) is 0.843. The Kier molecular flexibility index (Phi) is 4.16. The maximum absolute atomic E-state index is 11.0. The van der Waals surface area contributed by atoms with Crippen molar-refractivity contribution in [1.29, 1.82) is 0 Å². The third kappa shape index (κ3) is 3.79. The first-order chi connectivity index (χ1) is 9.04. The number of nitrogens with zero attached hydrogens (tertiary/aromatic N) is 1. The molecule has 0 aliphatic carbocycles. The Morgan fingerprint density at radius 3 is 2.63 bits per heavy atom. The lowest BCUT2D eigenvalue weighted by Gasteiger charge is -2.01. The highest BCUT2D eigenvalue weighted by atomic mass is 32.1. The number of carbonyl (C=O) groups is 1. The molecule has 19 heavy (non-hydrogen) atoms. The second-order valence-electron chi connectivity index (χ2n) is 4.44. The summed E-state index contributed by atoms with van der Waals surface area (Å²) in [5.74, 6) is -0.0844. The number of thiazole rings is 1. The normalized spacial score (nSPS) is 10.4. The molecule has 0 atom stereocenters. The van der Waals surface area contributed by atoms with E-state index in [0.29, 0.717) is 5.13 Å². The van der Waals surface area contributed by atoms with Crippen molar-refractivity contribution in [1.82, 2.24) is 4.98 Å². The summed E-state index contributed by atoms with van der Waals surface area (Å²) >= 11 is 1.52. The topological polar surface area (TPSA) is 68.0 Å². The Labute approximate surface area is 116 Å². The van der Waals surface area contributed by atoms with Crippen molar-refractivity contribution < 1.29 is 4.79 Å². The summed E-state index contributed by atoms with van der Waals surface area (Å²) in [5.41, 5.74) is 8.72. The van der Waals surface area contributed by atoms with Gasteiger partial charge in [-0.3, -0.25) is 4.79 Å². The number of nitrogens with one attached hydrogen (secondary N) is 1. The lowest BCUT2D eigenvalue weighted by Crippen LogP contribution is -2.05. The fourth-order valence-electron chi connectivity index (χ4n) is 1.81. The molecule has 0 radical (unpaired) electrons. The van der Waals surface area contributed by atoms with Crippen LogP contribution in [0.2, 0.25) is 0 Å². The molecule has 0 spiro atoms. The Hall–Kier alpha value is -1.88. The molecule has 2 rings (SSSR count). The zero-order valence-electron chi connectivity index (χ0n) is 11.1. The lowest BCUT2D eigenvalue weighted by atomic mass is 10.1. The van der Waals surface area contributed by atoms with Crippen LogP contribution in [-0.4, -0.2) is 10.9 Å². The summed E-state index contributed by atoms with van der Waals surface area (Å²) in [6, 6.07) is 7.88. The molecule has 0 aliphatic rings. The molecule has 1 heterocycles. The number of nitrogens with two attached hydrogens (primary N) is 1. The van der Waals surface area contributed by atoms with Crippen molar-refractivity contribution in [3.8, 4) is 0 Å². The molecule has 1 aromatic heterocycles. The van der Waals surface area contributed by atoms with Gasteiger partial charge >= 0.3 is 0 Å². The number of aryl methyl sites for hydroxylation is 3. The number of amides is 1. The largest absolute Gasteiger partial charge is 0.399 e. The molecule has 100 valence electrons. The SMILES string of the molecule is CC(=O)Nc1nc(CCc2ccc(N)cc2)c(C)s1. The number of aromatic nitrogens is 1. The molecule has 0 fully saturated rings. The molecule has 1 amide bonds. The highest BCUT2D eigenvalue weighted by Crippen LogP contribution is 2.23. The number of anilines is 2. The molecular weight excluding hydrogens is 258 g/mol. The van der Waals surface area contributed by atoms with E-state index in [1.54, 1.807) is 0 Å². The Balaban J connectivity index is 2.01. The van der Waals surface area contributed by atoms with Crippen LogP contribution in [0.15, 0.2) is 24.3 Å².